The highest BCUT2D eigenvalue weighted by molar-refractivity contribution is 7.80. The molecule has 6 heteroatoms. The summed E-state index contributed by atoms with van der Waals surface area (Å²) in [6, 6.07) is 15.6. The number of rotatable bonds is 6. The Labute approximate surface area is 177 Å². The number of nitrogens with zero attached hydrogens (tertiary/aromatic N) is 1. The molecule has 0 saturated carbocycles. The fraction of sp³-hybridized carbons (Fsp3) is 0.304. The molecule has 5 nitrogen and oxygen atoms in total. The molecule has 29 heavy (non-hydrogen) atoms. The number of nitrogens with one attached hydrogen (secondary N) is 1. The van der Waals surface area contributed by atoms with Gasteiger partial charge in [0.05, 0.1) is 23.9 Å². The number of ether oxygens (including phenoxy) is 2. The van der Waals surface area contributed by atoms with Crippen LogP contribution in [0.4, 0.5) is 5.69 Å². The second kappa shape index (κ2) is 9.20. The molecule has 2 aromatic rings. The van der Waals surface area contributed by atoms with Gasteiger partial charge in [-0.05, 0) is 55.7 Å². The Morgan fingerprint density at radius 1 is 1.10 bits per heavy atom. The van der Waals surface area contributed by atoms with Crippen molar-refractivity contribution in [3.8, 4) is 0 Å². The molecule has 3 rings (SSSR count). The molecule has 1 unspecified atom stereocenters. The zero-order chi connectivity index (χ0) is 21.0. The number of benzene rings is 2. The molecule has 1 N–H and O–H groups in total. The molecule has 0 bridgehead atoms. The molecule has 0 aromatic heterocycles. The molecule has 2 aromatic carbocycles. The van der Waals surface area contributed by atoms with Crippen molar-refractivity contribution in [1.82, 2.24) is 5.32 Å². The summed E-state index contributed by atoms with van der Waals surface area (Å²) in [6.45, 7) is 6.53. The first-order valence-corrected chi connectivity index (χ1v) is 9.94. The van der Waals surface area contributed by atoms with Gasteiger partial charge in [0, 0.05) is 12.8 Å². The van der Waals surface area contributed by atoms with E-state index in [1.807, 2.05) is 56.0 Å². The average Bonchev–Trinajstić information content (AvgIpc) is 2.71. The third-order valence-electron chi connectivity index (χ3n) is 4.96. The molecule has 0 amide bonds. The van der Waals surface area contributed by atoms with Crippen molar-refractivity contribution in [3.63, 3.8) is 0 Å². The standard InChI is InChI=1S/C23H26N2O3S/c1-15-10-11-16(2)19(14-15)25-17(3)20(22(26)28-13-12-27-4)21(24-23(25)29)18-8-6-5-7-9-18/h5-11,14,21H,12-13H2,1-4H3,(H,24,29). The summed E-state index contributed by atoms with van der Waals surface area (Å²) in [6.07, 6.45) is 0. The van der Waals surface area contributed by atoms with Gasteiger partial charge >= 0.3 is 5.97 Å². The van der Waals surface area contributed by atoms with Crippen LogP contribution >= 0.6 is 12.2 Å². The molecule has 1 aliphatic heterocycles. The predicted octanol–water partition coefficient (Wildman–Crippen LogP) is 4.20. The molecular formula is C23H26N2O3S. The lowest BCUT2D eigenvalue weighted by Gasteiger charge is -2.38. The number of methoxy groups -OCH3 is 1. The largest absolute Gasteiger partial charge is 0.460 e. The normalized spacial score (nSPS) is 16.6. The molecule has 0 saturated heterocycles. The van der Waals surface area contributed by atoms with E-state index < -0.39 is 0 Å². The highest BCUT2D eigenvalue weighted by Crippen LogP contribution is 2.35. The van der Waals surface area contributed by atoms with E-state index >= 15 is 0 Å². The predicted molar refractivity (Wildman–Crippen MR) is 119 cm³/mol. The first-order valence-electron chi connectivity index (χ1n) is 9.53. The van der Waals surface area contributed by atoms with Crippen LogP contribution in [-0.4, -0.2) is 31.4 Å². The zero-order valence-corrected chi connectivity index (χ0v) is 18.0. The van der Waals surface area contributed by atoms with E-state index in [2.05, 4.69) is 23.5 Å². The molecule has 152 valence electrons. The van der Waals surface area contributed by atoms with E-state index in [4.69, 9.17) is 21.7 Å². The number of carbonyl (C=O) groups excluding carboxylic acids is 1. The Hall–Kier alpha value is -2.70. The van der Waals surface area contributed by atoms with Crippen LogP contribution in [0.5, 0.6) is 0 Å². The minimum Gasteiger partial charge on any atom is -0.460 e. The van der Waals surface area contributed by atoms with E-state index in [-0.39, 0.29) is 18.6 Å². The molecule has 1 atom stereocenters. The first-order chi connectivity index (χ1) is 13.9. The number of hydrogen-bond acceptors (Lipinski definition) is 4. The van der Waals surface area contributed by atoms with Crippen LogP contribution in [0.15, 0.2) is 59.8 Å². The monoisotopic (exact) mass is 410 g/mol. The summed E-state index contributed by atoms with van der Waals surface area (Å²) < 4.78 is 10.5. The maximum Gasteiger partial charge on any atom is 0.338 e. The van der Waals surface area contributed by atoms with Gasteiger partial charge in [-0.2, -0.15) is 0 Å². The van der Waals surface area contributed by atoms with Gasteiger partial charge in [0.15, 0.2) is 5.11 Å². The second-order valence-electron chi connectivity index (χ2n) is 7.05. The lowest BCUT2D eigenvalue weighted by atomic mass is 9.94. The fourth-order valence-electron chi connectivity index (χ4n) is 3.45. The van der Waals surface area contributed by atoms with E-state index in [0.29, 0.717) is 17.3 Å². The van der Waals surface area contributed by atoms with Crippen molar-refractivity contribution >= 4 is 29.0 Å². The van der Waals surface area contributed by atoms with Crippen molar-refractivity contribution in [2.75, 3.05) is 25.2 Å². The lowest BCUT2D eigenvalue weighted by molar-refractivity contribution is -0.140. The molecule has 0 radical (unpaired) electrons. The van der Waals surface area contributed by atoms with E-state index in [1.54, 1.807) is 7.11 Å². The van der Waals surface area contributed by atoms with Crippen LogP contribution in [0, 0.1) is 13.8 Å². The van der Waals surface area contributed by atoms with Gasteiger partial charge in [-0.3, -0.25) is 4.90 Å². The Kier molecular flexibility index (Phi) is 6.67. The van der Waals surface area contributed by atoms with Gasteiger partial charge in [-0.25, -0.2) is 4.79 Å². The Morgan fingerprint density at radius 3 is 2.52 bits per heavy atom. The molecule has 0 spiro atoms. The number of aryl methyl sites for hydroxylation is 2. The smallest absolute Gasteiger partial charge is 0.338 e. The molecule has 1 heterocycles. The van der Waals surface area contributed by atoms with Gasteiger partial charge in [-0.1, -0.05) is 42.5 Å². The van der Waals surface area contributed by atoms with Crippen molar-refractivity contribution in [3.05, 3.63) is 76.5 Å². The van der Waals surface area contributed by atoms with Gasteiger partial charge in [0.25, 0.3) is 0 Å². The first kappa shape index (κ1) is 21.0. The third kappa shape index (κ3) is 4.49. The average molecular weight is 411 g/mol. The maximum atomic E-state index is 13.1. The highest BCUT2D eigenvalue weighted by Gasteiger charge is 2.35. The Morgan fingerprint density at radius 2 is 1.83 bits per heavy atom. The fourth-order valence-corrected chi connectivity index (χ4v) is 3.80. The lowest BCUT2D eigenvalue weighted by Crippen LogP contribution is -2.48. The van der Waals surface area contributed by atoms with E-state index in [9.17, 15) is 4.79 Å². The molecular weight excluding hydrogens is 384 g/mol. The van der Waals surface area contributed by atoms with Crippen molar-refractivity contribution < 1.29 is 14.3 Å². The van der Waals surface area contributed by atoms with Crippen LogP contribution in [0.3, 0.4) is 0 Å². The second-order valence-corrected chi connectivity index (χ2v) is 7.43. The van der Waals surface area contributed by atoms with Crippen LogP contribution in [0.2, 0.25) is 0 Å². The van der Waals surface area contributed by atoms with Gasteiger partial charge in [0.2, 0.25) is 0 Å². The van der Waals surface area contributed by atoms with Gasteiger partial charge in [-0.15, -0.1) is 0 Å². The number of anilines is 1. The van der Waals surface area contributed by atoms with E-state index in [0.717, 1.165) is 28.1 Å². The van der Waals surface area contributed by atoms with Gasteiger partial charge in [0.1, 0.15) is 6.61 Å². The van der Waals surface area contributed by atoms with Crippen molar-refractivity contribution in [1.29, 1.82) is 0 Å². The minimum atomic E-state index is -0.376. The van der Waals surface area contributed by atoms with E-state index in [1.165, 1.54) is 0 Å². The summed E-state index contributed by atoms with van der Waals surface area (Å²) in [4.78, 5) is 15.0. The number of esters is 1. The highest BCUT2D eigenvalue weighted by atomic mass is 32.1. The van der Waals surface area contributed by atoms with Crippen LogP contribution in [0.1, 0.15) is 29.7 Å². The van der Waals surface area contributed by atoms with Crippen LogP contribution < -0.4 is 10.2 Å². The van der Waals surface area contributed by atoms with Crippen molar-refractivity contribution in [2.45, 2.75) is 26.8 Å². The van der Waals surface area contributed by atoms with Crippen LogP contribution in [0.25, 0.3) is 0 Å². The quantitative estimate of drug-likeness (QED) is 0.438. The van der Waals surface area contributed by atoms with Crippen LogP contribution in [-0.2, 0) is 14.3 Å². The number of carbonyl (C=O) groups is 1. The third-order valence-corrected chi connectivity index (χ3v) is 5.26. The number of thiocarbonyl (C=S) groups is 1. The summed E-state index contributed by atoms with van der Waals surface area (Å²) in [7, 11) is 1.58. The summed E-state index contributed by atoms with van der Waals surface area (Å²) in [5.74, 6) is -0.376. The summed E-state index contributed by atoms with van der Waals surface area (Å²) >= 11 is 5.72. The Bertz CT molecular complexity index is 940. The molecule has 0 aliphatic carbocycles. The zero-order valence-electron chi connectivity index (χ0n) is 17.2. The number of allylic oxidation sites excluding steroid dienone is 1. The topological polar surface area (TPSA) is 50.8 Å². The maximum absolute atomic E-state index is 13.1. The van der Waals surface area contributed by atoms with Gasteiger partial charge < -0.3 is 14.8 Å². The Balaban J connectivity index is 2.10. The van der Waals surface area contributed by atoms with Crippen molar-refractivity contribution in [2.24, 2.45) is 0 Å². The molecule has 1 aliphatic rings. The SMILES string of the molecule is COCCOC(=O)C1=C(C)N(c2cc(C)ccc2C)C(=S)NC1c1ccccc1. The summed E-state index contributed by atoms with van der Waals surface area (Å²) in [5.41, 5.74) is 5.41. The number of hydrogen-bond donors (Lipinski definition) is 1. The molecule has 0 fully saturated rings. The minimum absolute atomic E-state index is 0.196. The summed E-state index contributed by atoms with van der Waals surface area (Å²) in [5, 5.41) is 3.90.